The molecule has 0 unspecified atom stereocenters. The molecule has 2 heterocycles. The molecule has 0 aliphatic carbocycles. The molecule has 1 aliphatic rings. The molecule has 0 bridgehead atoms. The highest BCUT2D eigenvalue weighted by molar-refractivity contribution is 9.10. The molecule has 0 radical (unpaired) electrons. The number of aliphatic hydroxyl groups is 1. The molecule has 1 saturated heterocycles. The number of furan rings is 1. The molecule has 0 spiro atoms. The van der Waals surface area contributed by atoms with Crippen LogP contribution in [-0.2, 0) is 4.74 Å². The predicted molar refractivity (Wildman–Crippen MR) is 80.7 cm³/mol. The lowest BCUT2D eigenvalue weighted by Gasteiger charge is -2.22. The van der Waals surface area contributed by atoms with Crippen LogP contribution >= 0.6 is 15.9 Å². The molecule has 20 heavy (non-hydrogen) atoms. The van der Waals surface area contributed by atoms with E-state index in [4.69, 9.17) is 9.15 Å². The van der Waals surface area contributed by atoms with Crippen LogP contribution in [0.1, 0.15) is 25.1 Å². The summed E-state index contributed by atoms with van der Waals surface area (Å²) in [4.78, 5) is 0. The molecule has 1 aromatic heterocycles. The van der Waals surface area contributed by atoms with Crippen LogP contribution in [0.4, 0.5) is 0 Å². The molecule has 1 fully saturated rings. The van der Waals surface area contributed by atoms with Gasteiger partial charge in [0.15, 0.2) is 0 Å². The number of benzene rings is 1. The monoisotopic (exact) mass is 339 g/mol. The van der Waals surface area contributed by atoms with Gasteiger partial charge in [-0.1, -0.05) is 15.9 Å². The van der Waals surface area contributed by atoms with Gasteiger partial charge in [-0.15, -0.1) is 0 Å². The van der Waals surface area contributed by atoms with Crippen LogP contribution in [-0.4, -0.2) is 30.5 Å². The summed E-state index contributed by atoms with van der Waals surface area (Å²) in [6.07, 6.45) is 0.680. The number of hydrogen-bond donors (Lipinski definition) is 2. The van der Waals surface area contributed by atoms with E-state index in [1.165, 1.54) is 0 Å². The van der Waals surface area contributed by atoms with E-state index in [0.717, 1.165) is 21.2 Å². The van der Waals surface area contributed by atoms with Crippen molar-refractivity contribution >= 4 is 26.9 Å². The van der Waals surface area contributed by atoms with Gasteiger partial charge in [0.2, 0.25) is 0 Å². The minimum atomic E-state index is -0.747. The van der Waals surface area contributed by atoms with Gasteiger partial charge in [-0.2, -0.15) is 0 Å². The molecule has 0 amide bonds. The van der Waals surface area contributed by atoms with Gasteiger partial charge in [0.05, 0.1) is 12.6 Å². The Morgan fingerprint density at radius 1 is 1.45 bits per heavy atom. The highest BCUT2D eigenvalue weighted by atomic mass is 79.9. The van der Waals surface area contributed by atoms with Crippen molar-refractivity contribution in [2.75, 3.05) is 19.8 Å². The average Bonchev–Trinajstić information content (AvgIpc) is 3.02. The molecule has 4 nitrogen and oxygen atoms in total. The van der Waals surface area contributed by atoms with Gasteiger partial charge in [-0.3, -0.25) is 0 Å². The second-order valence-corrected chi connectivity index (χ2v) is 6.38. The first-order chi connectivity index (χ1) is 9.56. The Balaban J connectivity index is 1.70. The second-order valence-electron chi connectivity index (χ2n) is 5.46. The highest BCUT2D eigenvalue weighted by Crippen LogP contribution is 2.27. The van der Waals surface area contributed by atoms with Crippen molar-refractivity contribution in [2.24, 2.45) is 0 Å². The molecule has 2 atom stereocenters. The number of halogens is 1. The van der Waals surface area contributed by atoms with Crippen molar-refractivity contribution in [1.29, 1.82) is 0 Å². The Bertz CT molecular complexity index is 604. The van der Waals surface area contributed by atoms with Crippen LogP contribution in [0.3, 0.4) is 0 Å². The SMILES string of the molecule is C[C@H](NC[C@]1(O)CCOC1)c1cc2cc(Br)ccc2o1. The van der Waals surface area contributed by atoms with Gasteiger partial charge in [0.1, 0.15) is 16.9 Å². The van der Waals surface area contributed by atoms with Crippen molar-refractivity contribution < 1.29 is 14.3 Å². The maximum absolute atomic E-state index is 10.2. The van der Waals surface area contributed by atoms with Crippen molar-refractivity contribution in [3.05, 3.63) is 34.5 Å². The summed E-state index contributed by atoms with van der Waals surface area (Å²) in [5, 5.41) is 14.6. The lowest BCUT2D eigenvalue weighted by atomic mass is 10.0. The fraction of sp³-hybridized carbons (Fsp3) is 0.467. The first-order valence-corrected chi connectivity index (χ1v) is 7.58. The van der Waals surface area contributed by atoms with Crippen LogP contribution in [0.2, 0.25) is 0 Å². The summed E-state index contributed by atoms with van der Waals surface area (Å²) in [5.74, 6) is 0.876. The molecule has 1 aromatic carbocycles. The maximum Gasteiger partial charge on any atom is 0.134 e. The van der Waals surface area contributed by atoms with E-state index in [0.29, 0.717) is 26.2 Å². The van der Waals surface area contributed by atoms with Gasteiger partial charge in [-0.05, 0) is 31.2 Å². The van der Waals surface area contributed by atoms with Crippen molar-refractivity contribution in [3.63, 3.8) is 0 Å². The van der Waals surface area contributed by atoms with E-state index < -0.39 is 5.60 Å². The largest absolute Gasteiger partial charge is 0.459 e. The maximum atomic E-state index is 10.2. The topological polar surface area (TPSA) is 54.6 Å². The average molecular weight is 340 g/mol. The van der Waals surface area contributed by atoms with Crippen molar-refractivity contribution in [2.45, 2.75) is 25.0 Å². The minimum Gasteiger partial charge on any atom is -0.459 e. The molecular formula is C15H18BrNO3. The van der Waals surface area contributed by atoms with Crippen LogP contribution in [0.15, 0.2) is 33.2 Å². The zero-order valence-corrected chi connectivity index (χ0v) is 12.9. The summed E-state index contributed by atoms with van der Waals surface area (Å²) < 4.78 is 12.1. The summed E-state index contributed by atoms with van der Waals surface area (Å²) in [7, 11) is 0. The van der Waals surface area contributed by atoms with Gasteiger partial charge in [0, 0.05) is 29.4 Å². The first-order valence-electron chi connectivity index (χ1n) is 6.78. The van der Waals surface area contributed by atoms with E-state index in [2.05, 4.69) is 21.2 Å². The predicted octanol–water partition coefficient (Wildman–Crippen LogP) is 3.00. The zero-order chi connectivity index (χ0) is 14.2. The molecule has 0 saturated carbocycles. The number of hydrogen-bond acceptors (Lipinski definition) is 4. The number of ether oxygens (including phenoxy) is 1. The Morgan fingerprint density at radius 3 is 3.05 bits per heavy atom. The van der Waals surface area contributed by atoms with Gasteiger partial charge < -0.3 is 19.6 Å². The fourth-order valence-electron chi connectivity index (χ4n) is 2.43. The van der Waals surface area contributed by atoms with Crippen molar-refractivity contribution in [3.8, 4) is 0 Å². The molecule has 2 aromatic rings. The number of nitrogens with one attached hydrogen (secondary N) is 1. The van der Waals surface area contributed by atoms with E-state index in [-0.39, 0.29) is 6.04 Å². The first kappa shape index (κ1) is 14.1. The lowest BCUT2D eigenvalue weighted by molar-refractivity contribution is 0.0247. The number of rotatable bonds is 4. The molecule has 5 heteroatoms. The highest BCUT2D eigenvalue weighted by Gasteiger charge is 2.32. The van der Waals surface area contributed by atoms with Crippen LogP contribution in [0.25, 0.3) is 11.0 Å². The smallest absolute Gasteiger partial charge is 0.134 e. The fourth-order valence-corrected chi connectivity index (χ4v) is 2.81. The summed E-state index contributed by atoms with van der Waals surface area (Å²) in [6, 6.07) is 8.03. The van der Waals surface area contributed by atoms with E-state index in [9.17, 15) is 5.11 Å². The molecule has 2 N–H and O–H groups in total. The van der Waals surface area contributed by atoms with Crippen LogP contribution < -0.4 is 5.32 Å². The minimum absolute atomic E-state index is 0.0470. The Morgan fingerprint density at radius 2 is 2.30 bits per heavy atom. The quantitative estimate of drug-likeness (QED) is 0.899. The molecule has 108 valence electrons. The van der Waals surface area contributed by atoms with Gasteiger partial charge >= 0.3 is 0 Å². The van der Waals surface area contributed by atoms with Crippen LogP contribution in [0, 0.1) is 0 Å². The van der Waals surface area contributed by atoms with E-state index in [1.807, 2.05) is 31.2 Å². The molecular weight excluding hydrogens is 322 g/mol. The van der Waals surface area contributed by atoms with Crippen molar-refractivity contribution in [1.82, 2.24) is 5.32 Å². The number of fused-ring (bicyclic) bond motifs is 1. The van der Waals surface area contributed by atoms with E-state index in [1.54, 1.807) is 0 Å². The molecule has 1 aliphatic heterocycles. The summed E-state index contributed by atoms with van der Waals surface area (Å²) in [5.41, 5.74) is 0.128. The summed E-state index contributed by atoms with van der Waals surface area (Å²) in [6.45, 7) is 3.58. The molecule has 3 rings (SSSR count). The summed E-state index contributed by atoms with van der Waals surface area (Å²) >= 11 is 3.46. The second kappa shape index (κ2) is 5.48. The Kier molecular flexibility index (Phi) is 3.86. The van der Waals surface area contributed by atoms with Crippen LogP contribution in [0.5, 0.6) is 0 Å². The van der Waals surface area contributed by atoms with E-state index >= 15 is 0 Å². The zero-order valence-electron chi connectivity index (χ0n) is 11.4. The normalized spacial score (nSPS) is 24.4. The third-order valence-electron chi connectivity index (χ3n) is 3.74. The third-order valence-corrected chi connectivity index (χ3v) is 4.24. The lowest BCUT2D eigenvalue weighted by Crippen LogP contribution is -2.41. The van der Waals surface area contributed by atoms with Gasteiger partial charge in [-0.25, -0.2) is 0 Å². The standard InChI is InChI=1S/C15H18BrNO3/c1-10(17-8-15(18)4-5-19-9-15)14-7-11-6-12(16)2-3-13(11)20-14/h2-3,6-7,10,17-18H,4-5,8-9H2,1H3/t10-,15+/m0/s1. The third kappa shape index (κ3) is 2.91. The van der Waals surface area contributed by atoms with Gasteiger partial charge in [0.25, 0.3) is 0 Å². The Labute approximate surface area is 126 Å². The Hall–Kier alpha value is -0.880.